The van der Waals surface area contributed by atoms with Gasteiger partial charge in [-0.05, 0) is 36.6 Å². The Hall–Kier alpha value is -2.97. The predicted molar refractivity (Wildman–Crippen MR) is 117 cm³/mol. The maximum absolute atomic E-state index is 12.5. The summed E-state index contributed by atoms with van der Waals surface area (Å²) in [6, 6.07) is 18.2. The number of carbonyl (C=O) groups excluding carboxylic acids is 2. The number of rotatable bonds is 7. The number of hydrogen-bond acceptors (Lipinski definition) is 4. The molecule has 1 aliphatic rings. The number of benzene rings is 2. The average molecular weight is 428 g/mol. The smallest absolute Gasteiger partial charge is 0.243 e. The van der Waals surface area contributed by atoms with Crippen molar-refractivity contribution in [3.05, 3.63) is 71.6 Å². The summed E-state index contributed by atoms with van der Waals surface area (Å²) >= 11 is 0. The van der Waals surface area contributed by atoms with Gasteiger partial charge in [0.15, 0.2) is 0 Å². The Bertz CT molecular complexity index is 984. The first-order valence-corrected chi connectivity index (χ1v) is 11.3. The van der Waals surface area contributed by atoms with E-state index in [1.165, 1.54) is 9.71 Å². The van der Waals surface area contributed by atoms with Crippen molar-refractivity contribution >= 4 is 33.6 Å². The fourth-order valence-corrected chi connectivity index (χ4v) is 4.45. The van der Waals surface area contributed by atoms with E-state index in [1.54, 1.807) is 18.2 Å². The Morgan fingerprint density at radius 1 is 0.967 bits per heavy atom. The lowest BCUT2D eigenvalue weighted by Gasteiger charge is -2.29. The number of para-hydroxylation sites is 1. The minimum Gasteiger partial charge on any atom is -0.347 e. The van der Waals surface area contributed by atoms with E-state index in [2.05, 4.69) is 10.6 Å². The van der Waals surface area contributed by atoms with Crippen LogP contribution in [0.3, 0.4) is 0 Å². The summed E-state index contributed by atoms with van der Waals surface area (Å²) in [6.07, 6.45) is 2.41. The molecule has 1 saturated heterocycles. The second-order valence-corrected chi connectivity index (χ2v) is 8.88. The molecule has 30 heavy (non-hydrogen) atoms. The number of hydrogen-bond donors (Lipinski definition) is 2. The first-order valence-electron chi connectivity index (χ1n) is 9.80. The van der Waals surface area contributed by atoms with E-state index in [0.29, 0.717) is 18.5 Å². The molecule has 2 amide bonds. The van der Waals surface area contributed by atoms with Crippen LogP contribution in [0.5, 0.6) is 0 Å². The van der Waals surface area contributed by atoms with Gasteiger partial charge in [0.25, 0.3) is 0 Å². The molecule has 1 aliphatic heterocycles. The van der Waals surface area contributed by atoms with Gasteiger partial charge < -0.3 is 10.6 Å². The monoisotopic (exact) mass is 427 g/mol. The molecular weight excluding hydrogens is 402 g/mol. The van der Waals surface area contributed by atoms with Crippen LogP contribution in [0.25, 0.3) is 6.08 Å². The Kier molecular flexibility index (Phi) is 7.37. The molecule has 1 fully saturated rings. The Morgan fingerprint density at radius 2 is 1.57 bits per heavy atom. The van der Waals surface area contributed by atoms with Crippen LogP contribution in [-0.4, -0.2) is 44.2 Å². The van der Waals surface area contributed by atoms with Crippen LogP contribution in [0, 0.1) is 5.92 Å². The lowest BCUT2D eigenvalue weighted by atomic mass is 9.97. The van der Waals surface area contributed by atoms with Crippen molar-refractivity contribution in [2.24, 2.45) is 5.92 Å². The van der Waals surface area contributed by atoms with Gasteiger partial charge in [-0.15, -0.1) is 0 Å². The fourth-order valence-electron chi connectivity index (χ4n) is 3.23. The van der Waals surface area contributed by atoms with Gasteiger partial charge in [0.05, 0.1) is 6.54 Å². The third-order valence-corrected chi connectivity index (χ3v) is 6.46. The minimum absolute atomic E-state index is 0.119. The highest BCUT2D eigenvalue weighted by Crippen LogP contribution is 2.21. The molecule has 0 aromatic heterocycles. The third kappa shape index (κ3) is 6.27. The van der Waals surface area contributed by atoms with E-state index in [0.717, 1.165) is 5.56 Å². The van der Waals surface area contributed by atoms with Crippen molar-refractivity contribution in [1.82, 2.24) is 9.62 Å². The molecule has 8 heteroatoms. The zero-order valence-corrected chi connectivity index (χ0v) is 17.3. The maximum Gasteiger partial charge on any atom is 0.243 e. The third-order valence-electron chi connectivity index (χ3n) is 4.90. The van der Waals surface area contributed by atoms with Gasteiger partial charge in [0, 0.05) is 30.1 Å². The zero-order valence-electron chi connectivity index (χ0n) is 16.5. The van der Waals surface area contributed by atoms with Gasteiger partial charge in [0.2, 0.25) is 21.8 Å². The second kappa shape index (κ2) is 10.2. The van der Waals surface area contributed by atoms with Crippen LogP contribution in [0.15, 0.2) is 66.1 Å². The molecule has 3 rings (SSSR count). The molecule has 2 aromatic carbocycles. The molecule has 0 unspecified atom stereocenters. The summed E-state index contributed by atoms with van der Waals surface area (Å²) in [5.41, 5.74) is 1.47. The summed E-state index contributed by atoms with van der Waals surface area (Å²) in [7, 11) is -3.53. The van der Waals surface area contributed by atoms with E-state index < -0.39 is 10.0 Å². The van der Waals surface area contributed by atoms with Crippen molar-refractivity contribution in [2.45, 2.75) is 12.8 Å². The van der Waals surface area contributed by atoms with Crippen molar-refractivity contribution in [2.75, 3.05) is 25.0 Å². The van der Waals surface area contributed by atoms with Crippen LogP contribution in [-0.2, 0) is 19.6 Å². The van der Waals surface area contributed by atoms with E-state index in [-0.39, 0.29) is 37.4 Å². The standard InChI is InChI=1S/C22H25N3O4S/c26-21(24-20-9-5-2-6-10-20)17-23-22(27)19-11-14-25(15-12-19)30(28,29)16-13-18-7-3-1-4-8-18/h1-10,13,16,19H,11-12,14-15,17H2,(H,23,27)(H,24,26)/b16-13+. The molecule has 0 bridgehead atoms. The molecule has 0 aliphatic carbocycles. The van der Waals surface area contributed by atoms with Crippen molar-refractivity contribution in [3.8, 4) is 0 Å². The number of sulfonamides is 1. The Labute approximate surface area is 176 Å². The highest BCUT2D eigenvalue weighted by atomic mass is 32.2. The number of nitrogens with one attached hydrogen (secondary N) is 2. The van der Waals surface area contributed by atoms with E-state index in [9.17, 15) is 18.0 Å². The molecule has 158 valence electrons. The summed E-state index contributed by atoms with van der Waals surface area (Å²) in [6.45, 7) is 0.428. The predicted octanol–water partition coefficient (Wildman–Crippen LogP) is 2.45. The second-order valence-electron chi connectivity index (χ2n) is 7.06. The van der Waals surface area contributed by atoms with Crippen LogP contribution in [0.2, 0.25) is 0 Å². The topological polar surface area (TPSA) is 95.6 Å². The number of nitrogens with zero attached hydrogens (tertiary/aromatic N) is 1. The van der Waals surface area contributed by atoms with Crippen LogP contribution in [0.4, 0.5) is 5.69 Å². The van der Waals surface area contributed by atoms with Gasteiger partial charge in [-0.1, -0.05) is 48.5 Å². The van der Waals surface area contributed by atoms with E-state index in [1.807, 2.05) is 48.5 Å². The molecule has 0 radical (unpaired) electrons. The Morgan fingerprint density at radius 3 is 2.20 bits per heavy atom. The maximum atomic E-state index is 12.5. The van der Waals surface area contributed by atoms with E-state index in [4.69, 9.17) is 0 Å². The summed E-state index contributed by atoms with van der Waals surface area (Å²) in [5.74, 6) is -0.838. The average Bonchev–Trinajstić information content (AvgIpc) is 2.77. The number of anilines is 1. The van der Waals surface area contributed by atoms with Crippen molar-refractivity contribution in [1.29, 1.82) is 0 Å². The molecule has 0 atom stereocenters. The zero-order chi connectivity index (χ0) is 21.4. The molecular formula is C22H25N3O4S. The van der Waals surface area contributed by atoms with Crippen molar-refractivity contribution < 1.29 is 18.0 Å². The Balaban J connectivity index is 1.44. The number of piperidine rings is 1. The van der Waals surface area contributed by atoms with Gasteiger partial charge >= 0.3 is 0 Å². The fraction of sp³-hybridized carbons (Fsp3) is 0.273. The van der Waals surface area contributed by atoms with Crippen molar-refractivity contribution in [3.63, 3.8) is 0 Å². The molecule has 7 nitrogen and oxygen atoms in total. The number of carbonyl (C=O) groups is 2. The first kappa shape index (κ1) is 21.7. The van der Waals surface area contributed by atoms with Gasteiger partial charge in [-0.3, -0.25) is 9.59 Å². The van der Waals surface area contributed by atoms with Gasteiger partial charge in [-0.2, -0.15) is 4.31 Å². The van der Waals surface area contributed by atoms with Gasteiger partial charge in [-0.25, -0.2) is 8.42 Å². The molecule has 0 spiro atoms. The number of amides is 2. The minimum atomic E-state index is -3.53. The summed E-state index contributed by atoms with van der Waals surface area (Å²) in [4.78, 5) is 24.3. The quantitative estimate of drug-likeness (QED) is 0.710. The van der Waals surface area contributed by atoms with Crippen LogP contribution < -0.4 is 10.6 Å². The van der Waals surface area contributed by atoms with Gasteiger partial charge in [0.1, 0.15) is 0 Å². The molecule has 2 N–H and O–H groups in total. The summed E-state index contributed by atoms with van der Waals surface area (Å²) < 4.78 is 26.4. The lowest BCUT2D eigenvalue weighted by molar-refractivity contribution is -0.128. The molecule has 2 aromatic rings. The molecule has 0 saturated carbocycles. The normalized spacial score (nSPS) is 15.7. The SMILES string of the molecule is O=C(CNC(=O)C1CCN(S(=O)(=O)/C=C/c2ccccc2)CC1)Nc1ccccc1. The van der Waals surface area contributed by atoms with E-state index >= 15 is 0 Å². The summed E-state index contributed by atoms with van der Waals surface area (Å²) in [5, 5.41) is 6.55. The highest BCUT2D eigenvalue weighted by molar-refractivity contribution is 7.92. The largest absolute Gasteiger partial charge is 0.347 e. The van der Waals surface area contributed by atoms with Crippen LogP contribution in [0.1, 0.15) is 18.4 Å². The highest BCUT2D eigenvalue weighted by Gasteiger charge is 2.30. The molecule has 1 heterocycles. The lowest BCUT2D eigenvalue weighted by Crippen LogP contribution is -2.43. The first-order chi connectivity index (χ1) is 14.4. The van der Waals surface area contributed by atoms with Crippen LogP contribution >= 0.6 is 0 Å².